The highest BCUT2D eigenvalue weighted by molar-refractivity contribution is 6.39. The molecule has 0 saturated carbocycles. The van der Waals surface area contributed by atoms with E-state index in [1.165, 1.54) is 12.1 Å². The highest BCUT2D eigenvalue weighted by Crippen LogP contribution is 2.13. The summed E-state index contributed by atoms with van der Waals surface area (Å²) < 4.78 is 18.5. The molecule has 0 aliphatic rings. The van der Waals surface area contributed by atoms with Gasteiger partial charge in [-0.05, 0) is 48.7 Å². The number of benzene rings is 2. The molecule has 2 amide bonds. The van der Waals surface area contributed by atoms with E-state index >= 15 is 0 Å². The van der Waals surface area contributed by atoms with Gasteiger partial charge in [0.1, 0.15) is 11.6 Å². The first kappa shape index (κ1) is 17.5. The number of aryl methyl sites for hydroxylation is 1. The Hall–Kier alpha value is -2.89. The maximum Gasteiger partial charge on any atom is 0.313 e. The number of nitrogens with one attached hydrogen (secondary N) is 2. The molecule has 2 aromatic carbocycles. The van der Waals surface area contributed by atoms with Crippen LogP contribution in [0.4, 0.5) is 10.1 Å². The molecular weight excluding hydrogens is 311 g/mol. The van der Waals surface area contributed by atoms with Crippen molar-refractivity contribution < 1.29 is 18.7 Å². The summed E-state index contributed by atoms with van der Waals surface area (Å²) in [6.45, 7) is 1.94. The average molecular weight is 330 g/mol. The predicted molar refractivity (Wildman–Crippen MR) is 89.5 cm³/mol. The molecule has 0 aliphatic carbocycles. The van der Waals surface area contributed by atoms with E-state index in [9.17, 15) is 14.0 Å². The van der Waals surface area contributed by atoms with Gasteiger partial charge >= 0.3 is 11.8 Å². The molecule has 2 N–H and O–H groups in total. The number of amides is 2. The zero-order valence-corrected chi connectivity index (χ0v) is 13.6. The van der Waals surface area contributed by atoms with Crippen molar-refractivity contribution in [3.63, 3.8) is 0 Å². The van der Waals surface area contributed by atoms with Crippen LogP contribution in [0.25, 0.3) is 0 Å². The summed E-state index contributed by atoms with van der Waals surface area (Å²) in [6.07, 6.45) is 0.585. The van der Waals surface area contributed by atoms with Crippen LogP contribution in [-0.4, -0.2) is 25.5 Å². The predicted octanol–water partition coefficient (Wildman–Crippen LogP) is 2.44. The van der Waals surface area contributed by atoms with Crippen LogP contribution in [-0.2, 0) is 16.0 Å². The molecule has 0 fully saturated rings. The van der Waals surface area contributed by atoms with E-state index in [0.29, 0.717) is 18.5 Å². The zero-order chi connectivity index (χ0) is 17.5. The minimum Gasteiger partial charge on any atom is -0.497 e. The Morgan fingerprint density at radius 2 is 1.79 bits per heavy atom. The van der Waals surface area contributed by atoms with Gasteiger partial charge < -0.3 is 15.4 Å². The third kappa shape index (κ3) is 4.81. The summed E-state index contributed by atoms with van der Waals surface area (Å²) in [4.78, 5) is 23.5. The molecule has 0 bridgehead atoms. The summed E-state index contributed by atoms with van der Waals surface area (Å²) in [7, 11) is 1.59. The van der Waals surface area contributed by atoms with Crippen LogP contribution < -0.4 is 15.4 Å². The number of halogens is 1. The van der Waals surface area contributed by atoms with E-state index in [1.807, 2.05) is 24.3 Å². The molecule has 0 spiro atoms. The Morgan fingerprint density at radius 3 is 2.42 bits per heavy atom. The number of anilines is 1. The van der Waals surface area contributed by atoms with E-state index in [2.05, 4.69) is 10.6 Å². The number of carbonyl (C=O) groups is 2. The van der Waals surface area contributed by atoms with Crippen molar-refractivity contribution in [2.45, 2.75) is 13.3 Å². The first-order valence-corrected chi connectivity index (χ1v) is 7.48. The summed E-state index contributed by atoms with van der Waals surface area (Å²) >= 11 is 0. The van der Waals surface area contributed by atoms with Gasteiger partial charge in [0, 0.05) is 12.2 Å². The van der Waals surface area contributed by atoms with Crippen molar-refractivity contribution in [1.82, 2.24) is 5.32 Å². The first-order valence-electron chi connectivity index (χ1n) is 7.48. The lowest BCUT2D eigenvalue weighted by atomic mass is 10.1. The second kappa shape index (κ2) is 8.10. The van der Waals surface area contributed by atoms with Gasteiger partial charge in [0.15, 0.2) is 0 Å². The minimum absolute atomic E-state index is 0.244. The lowest BCUT2D eigenvalue weighted by Crippen LogP contribution is -2.36. The Kier molecular flexibility index (Phi) is 5.89. The molecular formula is C18H19FN2O3. The average Bonchev–Trinajstić information content (AvgIpc) is 2.58. The van der Waals surface area contributed by atoms with Crippen molar-refractivity contribution >= 4 is 17.5 Å². The number of rotatable bonds is 5. The van der Waals surface area contributed by atoms with Crippen LogP contribution in [0, 0.1) is 12.7 Å². The first-order chi connectivity index (χ1) is 11.5. The van der Waals surface area contributed by atoms with Crippen LogP contribution in [0.3, 0.4) is 0 Å². The van der Waals surface area contributed by atoms with Crippen LogP contribution in [0.1, 0.15) is 11.1 Å². The summed E-state index contributed by atoms with van der Waals surface area (Å²) in [5, 5.41) is 4.90. The SMILES string of the molecule is COc1ccc(CCNC(=O)C(=O)Nc2ccc(C)c(F)c2)cc1. The topological polar surface area (TPSA) is 67.4 Å². The van der Waals surface area contributed by atoms with E-state index < -0.39 is 17.6 Å². The molecule has 0 aromatic heterocycles. The van der Waals surface area contributed by atoms with Gasteiger partial charge in [-0.25, -0.2) is 4.39 Å². The zero-order valence-electron chi connectivity index (χ0n) is 13.6. The Labute approximate surface area is 139 Å². The largest absolute Gasteiger partial charge is 0.497 e. The third-order valence-corrected chi connectivity index (χ3v) is 3.49. The number of hydrogen-bond donors (Lipinski definition) is 2. The lowest BCUT2D eigenvalue weighted by molar-refractivity contribution is -0.136. The van der Waals surface area contributed by atoms with Gasteiger partial charge in [0.05, 0.1) is 7.11 Å². The van der Waals surface area contributed by atoms with Gasteiger partial charge in [0.25, 0.3) is 0 Å². The van der Waals surface area contributed by atoms with Gasteiger partial charge in [-0.2, -0.15) is 0 Å². The molecule has 24 heavy (non-hydrogen) atoms. The Morgan fingerprint density at radius 1 is 1.08 bits per heavy atom. The van der Waals surface area contributed by atoms with Crippen LogP contribution in [0.2, 0.25) is 0 Å². The number of carbonyl (C=O) groups excluding carboxylic acids is 2. The molecule has 0 unspecified atom stereocenters. The van der Waals surface area contributed by atoms with E-state index in [-0.39, 0.29) is 5.69 Å². The fraction of sp³-hybridized carbons (Fsp3) is 0.222. The Balaban J connectivity index is 1.80. The standard InChI is InChI=1S/C18H19FN2O3/c1-12-3-6-14(11-16(12)19)21-18(23)17(22)20-10-9-13-4-7-15(24-2)8-5-13/h3-8,11H,9-10H2,1-2H3,(H,20,22)(H,21,23). The van der Waals surface area contributed by atoms with Crippen LogP contribution >= 0.6 is 0 Å². The molecule has 2 aromatic rings. The molecule has 0 radical (unpaired) electrons. The monoisotopic (exact) mass is 330 g/mol. The quantitative estimate of drug-likeness (QED) is 0.828. The van der Waals surface area contributed by atoms with Crippen molar-refractivity contribution in [3.05, 3.63) is 59.4 Å². The van der Waals surface area contributed by atoms with Gasteiger partial charge in [-0.15, -0.1) is 0 Å². The van der Waals surface area contributed by atoms with E-state index in [1.54, 1.807) is 20.1 Å². The second-order valence-electron chi connectivity index (χ2n) is 5.27. The second-order valence-corrected chi connectivity index (χ2v) is 5.27. The fourth-order valence-electron chi connectivity index (χ4n) is 2.05. The Bertz CT molecular complexity index is 730. The van der Waals surface area contributed by atoms with Crippen molar-refractivity contribution in [2.75, 3.05) is 19.0 Å². The molecule has 0 heterocycles. The maximum absolute atomic E-state index is 13.4. The minimum atomic E-state index is -0.826. The van der Waals surface area contributed by atoms with Gasteiger partial charge in [0.2, 0.25) is 0 Å². The molecule has 6 heteroatoms. The van der Waals surface area contributed by atoms with E-state index in [0.717, 1.165) is 11.3 Å². The van der Waals surface area contributed by atoms with Crippen molar-refractivity contribution in [3.8, 4) is 5.75 Å². The normalized spacial score (nSPS) is 10.1. The number of methoxy groups -OCH3 is 1. The summed E-state index contributed by atoms with van der Waals surface area (Å²) in [5.41, 5.74) is 1.72. The fourth-order valence-corrected chi connectivity index (χ4v) is 2.05. The maximum atomic E-state index is 13.4. The summed E-state index contributed by atoms with van der Waals surface area (Å²) in [5.74, 6) is -1.27. The van der Waals surface area contributed by atoms with Gasteiger partial charge in [-0.3, -0.25) is 9.59 Å². The molecule has 2 rings (SSSR count). The lowest BCUT2D eigenvalue weighted by Gasteiger charge is -2.08. The van der Waals surface area contributed by atoms with Crippen LogP contribution in [0.15, 0.2) is 42.5 Å². The smallest absolute Gasteiger partial charge is 0.313 e. The molecule has 0 aliphatic heterocycles. The molecule has 126 valence electrons. The number of hydrogen-bond acceptors (Lipinski definition) is 3. The van der Waals surface area contributed by atoms with E-state index in [4.69, 9.17) is 4.74 Å². The highest BCUT2D eigenvalue weighted by Gasteiger charge is 2.13. The van der Waals surface area contributed by atoms with Crippen LogP contribution in [0.5, 0.6) is 5.75 Å². The summed E-state index contributed by atoms with van der Waals surface area (Å²) in [6, 6.07) is 11.7. The third-order valence-electron chi connectivity index (χ3n) is 3.49. The van der Waals surface area contributed by atoms with Gasteiger partial charge in [-0.1, -0.05) is 18.2 Å². The molecule has 0 atom stereocenters. The highest BCUT2D eigenvalue weighted by atomic mass is 19.1. The number of ether oxygens (including phenoxy) is 1. The molecule has 0 saturated heterocycles. The van der Waals surface area contributed by atoms with Crippen molar-refractivity contribution in [2.24, 2.45) is 0 Å². The van der Waals surface area contributed by atoms with Crippen molar-refractivity contribution in [1.29, 1.82) is 0 Å². The molecule has 5 nitrogen and oxygen atoms in total.